The highest BCUT2D eigenvalue weighted by atomic mass is 16.3. The first-order valence-corrected chi connectivity index (χ1v) is 6.81. The van der Waals surface area contributed by atoms with Crippen molar-refractivity contribution in [2.75, 3.05) is 19.7 Å². The molecule has 3 nitrogen and oxygen atoms in total. The van der Waals surface area contributed by atoms with Gasteiger partial charge in [0.2, 0.25) is 0 Å². The van der Waals surface area contributed by atoms with Crippen LogP contribution in [0.1, 0.15) is 39.5 Å². The first-order valence-electron chi connectivity index (χ1n) is 6.81. The predicted octanol–water partition coefficient (Wildman–Crippen LogP) is 1.22. The number of hydrogen-bond donors (Lipinski definition) is 2. The quantitative estimate of drug-likeness (QED) is 0.740. The van der Waals surface area contributed by atoms with Crippen LogP contribution in [-0.4, -0.2) is 47.8 Å². The molecule has 2 fully saturated rings. The van der Waals surface area contributed by atoms with Crippen molar-refractivity contribution in [2.45, 2.75) is 57.7 Å². The van der Waals surface area contributed by atoms with Gasteiger partial charge in [0, 0.05) is 24.7 Å². The molecule has 0 saturated carbocycles. The van der Waals surface area contributed by atoms with Gasteiger partial charge < -0.3 is 10.4 Å². The van der Waals surface area contributed by atoms with Crippen LogP contribution < -0.4 is 5.32 Å². The van der Waals surface area contributed by atoms with Crippen LogP contribution in [0.5, 0.6) is 0 Å². The van der Waals surface area contributed by atoms with E-state index in [4.69, 9.17) is 0 Å². The molecular weight excluding hydrogens is 200 g/mol. The Labute approximate surface area is 99.2 Å². The summed E-state index contributed by atoms with van der Waals surface area (Å²) in [5.41, 5.74) is 0. The van der Waals surface area contributed by atoms with E-state index in [2.05, 4.69) is 24.1 Å². The van der Waals surface area contributed by atoms with E-state index in [9.17, 15) is 5.11 Å². The van der Waals surface area contributed by atoms with Crippen LogP contribution in [0.3, 0.4) is 0 Å². The number of aliphatic hydroxyl groups is 1. The molecule has 0 bridgehead atoms. The van der Waals surface area contributed by atoms with E-state index >= 15 is 0 Å². The fraction of sp³-hybridized carbons (Fsp3) is 1.00. The molecule has 2 rings (SSSR count). The van der Waals surface area contributed by atoms with Gasteiger partial charge in [0.25, 0.3) is 0 Å². The first-order chi connectivity index (χ1) is 7.70. The largest absolute Gasteiger partial charge is 0.395 e. The molecule has 94 valence electrons. The number of nitrogens with one attached hydrogen (secondary N) is 1. The minimum atomic E-state index is 0.279. The monoisotopic (exact) mass is 226 g/mol. The topological polar surface area (TPSA) is 35.5 Å². The van der Waals surface area contributed by atoms with Crippen LogP contribution in [0.4, 0.5) is 0 Å². The Morgan fingerprint density at radius 3 is 2.81 bits per heavy atom. The van der Waals surface area contributed by atoms with E-state index in [-0.39, 0.29) is 6.61 Å². The number of hydrogen-bond acceptors (Lipinski definition) is 3. The van der Waals surface area contributed by atoms with Gasteiger partial charge in [0.1, 0.15) is 0 Å². The van der Waals surface area contributed by atoms with Gasteiger partial charge in [-0.1, -0.05) is 13.8 Å². The van der Waals surface area contributed by atoms with Crippen LogP contribution in [0, 0.1) is 5.92 Å². The summed E-state index contributed by atoms with van der Waals surface area (Å²) in [5, 5.41) is 13.1. The lowest BCUT2D eigenvalue weighted by Gasteiger charge is -2.27. The third kappa shape index (κ3) is 2.76. The summed E-state index contributed by atoms with van der Waals surface area (Å²) in [7, 11) is 0. The second-order valence-corrected chi connectivity index (χ2v) is 5.82. The molecule has 2 aliphatic rings. The van der Waals surface area contributed by atoms with Gasteiger partial charge in [0.05, 0.1) is 6.61 Å². The van der Waals surface area contributed by atoms with Crippen molar-refractivity contribution in [3.63, 3.8) is 0 Å². The third-order valence-electron chi connectivity index (χ3n) is 4.03. The van der Waals surface area contributed by atoms with Crippen molar-refractivity contribution in [2.24, 2.45) is 5.92 Å². The Balaban J connectivity index is 1.83. The summed E-state index contributed by atoms with van der Waals surface area (Å²) in [6.45, 7) is 7.27. The van der Waals surface area contributed by atoms with Crippen molar-refractivity contribution in [1.29, 1.82) is 0 Å². The van der Waals surface area contributed by atoms with Crippen molar-refractivity contribution in [3.8, 4) is 0 Å². The lowest BCUT2D eigenvalue weighted by molar-refractivity contribution is 0.201. The third-order valence-corrected chi connectivity index (χ3v) is 4.03. The Hall–Kier alpha value is -0.120. The standard InChI is InChI=1S/C13H26N2O/c1-10(2)8-11(9-16)14-12-5-7-15-6-3-4-13(12)15/h10-14,16H,3-9H2,1-2H3. The maximum atomic E-state index is 9.40. The number of nitrogens with zero attached hydrogens (tertiary/aromatic N) is 1. The Morgan fingerprint density at radius 1 is 1.31 bits per heavy atom. The van der Waals surface area contributed by atoms with Gasteiger partial charge in [0.15, 0.2) is 0 Å². The highest BCUT2D eigenvalue weighted by Gasteiger charge is 2.37. The molecule has 0 aliphatic carbocycles. The van der Waals surface area contributed by atoms with Gasteiger partial charge in [-0.05, 0) is 38.1 Å². The fourth-order valence-corrected chi connectivity index (χ4v) is 3.34. The van der Waals surface area contributed by atoms with Gasteiger partial charge in [-0.3, -0.25) is 4.90 Å². The molecule has 16 heavy (non-hydrogen) atoms. The second kappa shape index (κ2) is 5.48. The van der Waals surface area contributed by atoms with E-state index in [0.717, 1.165) is 12.5 Å². The highest BCUT2D eigenvalue weighted by molar-refractivity contribution is 4.96. The van der Waals surface area contributed by atoms with Crippen molar-refractivity contribution in [3.05, 3.63) is 0 Å². The van der Waals surface area contributed by atoms with Crippen LogP contribution in [0.25, 0.3) is 0 Å². The van der Waals surface area contributed by atoms with Crippen molar-refractivity contribution >= 4 is 0 Å². The molecule has 3 atom stereocenters. The molecule has 0 aromatic carbocycles. The van der Waals surface area contributed by atoms with Crippen molar-refractivity contribution < 1.29 is 5.11 Å². The number of aliphatic hydroxyl groups excluding tert-OH is 1. The van der Waals surface area contributed by atoms with Gasteiger partial charge in [-0.2, -0.15) is 0 Å². The molecule has 2 aliphatic heterocycles. The summed E-state index contributed by atoms with van der Waals surface area (Å²) >= 11 is 0. The van der Waals surface area contributed by atoms with Gasteiger partial charge >= 0.3 is 0 Å². The molecule has 2 N–H and O–H groups in total. The van der Waals surface area contributed by atoms with Crippen LogP contribution in [0.15, 0.2) is 0 Å². The molecule has 0 aromatic rings. The first kappa shape index (κ1) is 12.3. The van der Waals surface area contributed by atoms with E-state index in [0.29, 0.717) is 18.0 Å². The van der Waals surface area contributed by atoms with Crippen LogP contribution in [0.2, 0.25) is 0 Å². The maximum absolute atomic E-state index is 9.40. The van der Waals surface area contributed by atoms with E-state index in [1.807, 2.05) is 0 Å². The number of fused-ring (bicyclic) bond motifs is 1. The summed E-state index contributed by atoms with van der Waals surface area (Å²) in [6.07, 6.45) is 5.05. The Bertz CT molecular complexity index is 220. The molecule has 3 unspecified atom stereocenters. The minimum absolute atomic E-state index is 0.279. The zero-order valence-electron chi connectivity index (χ0n) is 10.7. The minimum Gasteiger partial charge on any atom is -0.395 e. The molecule has 0 aromatic heterocycles. The van der Waals surface area contributed by atoms with Gasteiger partial charge in [-0.15, -0.1) is 0 Å². The zero-order chi connectivity index (χ0) is 11.5. The molecule has 0 amide bonds. The Kier molecular flexibility index (Phi) is 4.22. The molecule has 0 spiro atoms. The predicted molar refractivity (Wildman–Crippen MR) is 66.5 cm³/mol. The smallest absolute Gasteiger partial charge is 0.0584 e. The second-order valence-electron chi connectivity index (χ2n) is 5.82. The lowest BCUT2D eigenvalue weighted by Crippen LogP contribution is -2.46. The van der Waals surface area contributed by atoms with Gasteiger partial charge in [-0.25, -0.2) is 0 Å². The maximum Gasteiger partial charge on any atom is 0.0584 e. The molecule has 3 heteroatoms. The fourth-order valence-electron chi connectivity index (χ4n) is 3.34. The summed E-state index contributed by atoms with van der Waals surface area (Å²) < 4.78 is 0. The normalized spacial score (nSPS) is 32.2. The highest BCUT2D eigenvalue weighted by Crippen LogP contribution is 2.28. The SMILES string of the molecule is CC(C)CC(CO)NC1CCN2CCCC12. The number of rotatable bonds is 5. The van der Waals surface area contributed by atoms with E-state index in [1.165, 1.54) is 32.4 Å². The van der Waals surface area contributed by atoms with E-state index < -0.39 is 0 Å². The van der Waals surface area contributed by atoms with E-state index in [1.54, 1.807) is 0 Å². The van der Waals surface area contributed by atoms with Crippen LogP contribution >= 0.6 is 0 Å². The molecule has 2 heterocycles. The summed E-state index contributed by atoms with van der Waals surface area (Å²) in [6, 6.07) is 1.67. The average Bonchev–Trinajstić information content (AvgIpc) is 2.80. The molecular formula is C13H26N2O. The lowest BCUT2D eigenvalue weighted by atomic mass is 10.0. The van der Waals surface area contributed by atoms with Crippen LogP contribution in [-0.2, 0) is 0 Å². The van der Waals surface area contributed by atoms with Crippen molar-refractivity contribution in [1.82, 2.24) is 10.2 Å². The Morgan fingerprint density at radius 2 is 2.12 bits per heavy atom. The molecule has 2 saturated heterocycles. The molecule has 0 radical (unpaired) electrons. The summed E-state index contributed by atoms with van der Waals surface area (Å²) in [4.78, 5) is 2.61. The average molecular weight is 226 g/mol. The zero-order valence-corrected chi connectivity index (χ0v) is 10.7. The summed E-state index contributed by atoms with van der Waals surface area (Å²) in [5.74, 6) is 0.658.